The third-order valence-corrected chi connectivity index (χ3v) is 4.34. The topological polar surface area (TPSA) is 75.7 Å². The Bertz CT molecular complexity index is 849. The molecule has 0 radical (unpaired) electrons. The Morgan fingerprint density at radius 2 is 1.78 bits per heavy atom. The number of carbonyl (C=O) groups excluding carboxylic acids is 3. The minimum Gasteiger partial charge on any atom is -0.494 e. The third kappa shape index (κ3) is 4.53. The number of para-hydroxylation sites is 1. The number of fused-ring (bicyclic) bond motifs is 1. The molecule has 1 N–H and O–H groups in total. The van der Waals surface area contributed by atoms with Gasteiger partial charge in [-0.15, -0.1) is 0 Å². The Balaban J connectivity index is 1.38. The maximum absolute atomic E-state index is 12.4. The molecule has 1 heterocycles. The Labute approximate surface area is 158 Å². The molecule has 0 unspecified atom stereocenters. The first-order valence-corrected chi connectivity index (χ1v) is 8.97. The number of nitrogens with zero attached hydrogens (tertiary/aromatic N) is 1. The summed E-state index contributed by atoms with van der Waals surface area (Å²) in [6.07, 6.45) is 0.761. The lowest BCUT2D eigenvalue weighted by atomic mass is 10.1. The fourth-order valence-corrected chi connectivity index (χ4v) is 2.92. The summed E-state index contributed by atoms with van der Waals surface area (Å²) in [5.74, 6) is -0.0612. The van der Waals surface area contributed by atoms with Crippen molar-refractivity contribution in [2.24, 2.45) is 0 Å². The molecule has 3 amide bonds. The predicted molar refractivity (Wildman–Crippen MR) is 101 cm³/mol. The molecule has 0 aromatic heterocycles. The van der Waals surface area contributed by atoms with Gasteiger partial charge in [-0.1, -0.05) is 29.8 Å². The summed E-state index contributed by atoms with van der Waals surface area (Å²) in [6, 6.07) is 14.7. The summed E-state index contributed by atoms with van der Waals surface area (Å²) >= 11 is 0. The second-order valence-corrected chi connectivity index (χ2v) is 6.43. The zero-order valence-electron chi connectivity index (χ0n) is 15.2. The molecule has 6 nitrogen and oxygen atoms in total. The normalized spacial score (nSPS) is 12.9. The number of carbonyl (C=O) groups is 3. The first-order valence-electron chi connectivity index (χ1n) is 8.97. The molecule has 0 spiro atoms. The van der Waals surface area contributed by atoms with E-state index in [1.807, 2.05) is 37.3 Å². The summed E-state index contributed by atoms with van der Waals surface area (Å²) in [4.78, 5) is 37.8. The summed E-state index contributed by atoms with van der Waals surface area (Å²) in [7, 11) is 0. The van der Waals surface area contributed by atoms with Crippen molar-refractivity contribution in [1.82, 2.24) is 10.2 Å². The number of hydrogen-bond donors (Lipinski definition) is 1. The van der Waals surface area contributed by atoms with E-state index in [-0.39, 0.29) is 30.7 Å². The highest BCUT2D eigenvalue weighted by atomic mass is 16.5. The molecule has 0 bridgehead atoms. The first-order chi connectivity index (χ1) is 13.1. The van der Waals surface area contributed by atoms with Gasteiger partial charge in [0.1, 0.15) is 5.75 Å². The highest BCUT2D eigenvalue weighted by molar-refractivity contribution is 6.21. The SMILES string of the molecule is Cc1ccc2c(c1)C(=O)N(CCC(=O)NCCCOc1ccccc1)C2=O. The number of hydrogen-bond acceptors (Lipinski definition) is 4. The van der Waals surface area contributed by atoms with Crippen LogP contribution in [0.4, 0.5) is 0 Å². The minimum absolute atomic E-state index is 0.0811. The van der Waals surface area contributed by atoms with E-state index in [9.17, 15) is 14.4 Å². The van der Waals surface area contributed by atoms with Crippen LogP contribution in [0, 0.1) is 6.92 Å². The van der Waals surface area contributed by atoms with Crippen molar-refractivity contribution in [2.45, 2.75) is 19.8 Å². The molecule has 2 aromatic carbocycles. The summed E-state index contributed by atoms with van der Waals surface area (Å²) < 4.78 is 5.55. The van der Waals surface area contributed by atoms with Gasteiger partial charge in [0, 0.05) is 19.5 Å². The van der Waals surface area contributed by atoms with Crippen LogP contribution in [0.15, 0.2) is 48.5 Å². The van der Waals surface area contributed by atoms with Crippen LogP contribution in [0.1, 0.15) is 39.1 Å². The van der Waals surface area contributed by atoms with Crippen LogP contribution in [-0.4, -0.2) is 42.3 Å². The van der Waals surface area contributed by atoms with Crippen LogP contribution < -0.4 is 10.1 Å². The Kier molecular flexibility index (Phi) is 5.86. The van der Waals surface area contributed by atoms with Gasteiger partial charge in [0.15, 0.2) is 0 Å². The lowest BCUT2D eigenvalue weighted by Gasteiger charge is -2.13. The van der Waals surface area contributed by atoms with Crippen molar-refractivity contribution in [1.29, 1.82) is 0 Å². The quantitative estimate of drug-likeness (QED) is 0.575. The van der Waals surface area contributed by atoms with Crippen LogP contribution in [0.2, 0.25) is 0 Å². The van der Waals surface area contributed by atoms with Crippen molar-refractivity contribution in [3.05, 3.63) is 65.2 Å². The van der Waals surface area contributed by atoms with Gasteiger partial charge in [0.2, 0.25) is 5.91 Å². The molecule has 0 aliphatic carbocycles. The van der Waals surface area contributed by atoms with E-state index in [0.29, 0.717) is 30.7 Å². The highest BCUT2D eigenvalue weighted by Crippen LogP contribution is 2.23. The van der Waals surface area contributed by atoms with Crippen LogP contribution >= 0.6 is 0 Å². The second-order valence-electron chi connectivity index (χ2n) is 6.43. The monoisotopic (exact) mass is 366 g/mol. The summed E-state index contributed by atoms with van der Waals surface area (Å²) in [5.41, 5.74) is 1.75. The molecule has 1 aliphatic heterocycles. The molecule has 0 fully saturated rings. The number of imide groups is 1. The average Bonchev–Trinajstić information content (AvgIpc) is 2.90. The summed E-state index contributed by atoms with van der Waals surface area (Å²) in [6.45, 7) is 2.93. The van der Waals surface area contributed by atoms with Gasteiger partial charge in [-0.2, -0.15) is 0 Å². The standard InChI is InChI=1S/C21H22N2O4/c1-15-8-9-17-18(14-15)21(26)23(20(17)25)12-10-19(24)22-11-5-13-27-16-6-3-2-4-7-16/h2-4,6-9,14H,5,10-13H2,1H3,(H,22,24). The van der Waals surface area contributed by atoms with E-state index in [1.165, 1.54) is 0 Å². The van der Waals surface area contributed by atoms with Crippen molar-refractivity contribution in [3.8, 4) is 5.75 Å². The van der Waals surface area contributed by atoms with Gasteiger partial charge >= 0.3 is 0 Å². The van der Waals surface area contributed by atoms with Crippen LogP contribution in [0.5, 0.6) is 5.75 Å². The Morgan fingerprint density at radius 3 is 2.56 bits per heavy atom. The van der Waals surface area contributed by atoms with Gasteiger partial charge < -0.3 is 10.1 Å². The van der Waals surface area contributed by atoms with E-state index in [1.54, 1.807) is 18.2 Å². The van der Waals surface area contributed by atoms with Crippen molar-refractivity contribution in [2.75, 3.05) is 19.7 Å². The molecule has 1 aliphatic rings. The fourth-order valence-electron chi connectivity index (χ4n) is 2.92. The lowest BCUT2D eigenvalue weighted by Crippen LogP contribution is -2.35. The summed E-state index contributed by atoms with van der Waals surface area (Å²) in [5, 5.41) is 2.78. The molecule has 27 heavy (non-hydrogen) atoms. The van der Waals surface area contributed by atoms with E-state index in [4.69, 9.17) is 4.74 Å². The zero-order chi connectivity index (χ0) is 19.2. The molecular formula is C21H22N2O4. The van der Waals surface area contributed by atoms with E-state index < -0.39 is 0 Å². The highest BCUT2D eigenvalue weighted by Gasteiger charge is 2.35. The van der Waals surface area contributed by atoms with E-state index in [0.717, 1.165) is 16.2 Å². The van der Waals surface area contributed by atoms with Gasteiger partial charge in [-0.05, 0) is 37.6 Å². The molecule has 140 valence electrons. The zero-order valence-corrected chi connectivity index (χ0v) is 15.2. The van der Waals surface area contributed by atoms with Crippen LogP contribution in [0.25, 0.3) is 0 Å². The number of aryl methyl sites for hydroxylation is 1. The van der Waals surface area contributed by atoms with Gasteiger partial charge in [0.05, 0.1) is 17.7 Å². The molecule has 2 aromatic rings. The molecule has 3 rings (SSSR count). The van der Waals surface area contributed by atoms with Gasteiger partial charge in [-0.25, -0.2) is 0 Å². The van der Waals surface area contributed by atoms with Gasteiger partial charge in [-0.3, -0.25) is 19.3 Å². The Morgan fingerprint density at radius 1 is 1.04 bits per heavy atom. The molecule has 0 saturated carbocycles. The van der Waals surface area contributed by atoms with Crippen molar-refractivity contribution in [3.63, 3.8) is 0 Å². The van der Waals surface area contributed by atoms with Crippen LogP contribution in [-0.2, 0) is 4.79 Å². The number of ether oxygens (including phenoxy) is 1. The average molecular weight is 366 g/mol. The van der Waals surface area contributed by atoms with Crippen molar-refractivity contribution >= 4 is 17.7 Å². The largest absolute Gasteiger partial charge is 0.494 e. The minimum atomic E-state index is -0.334. The third-order valence-electron chi connectivity index (χ3n) is 4.34. The predicted octanol–water partition coefficient (Wildman–Crippen LogP) is 2.57. The van der Waals surface area contributed by atoms with Gasteiger partial charge in [0.25, 0.3) is 11.8 Å². The van der Waals surface area contributed by atoms with Crippen molar-refractivity contribution < 1.29 is 19.1 Å². The van der Waals surface area contributed by atoms with Crippen LogP contribution in [0.3, 0.4) is 0 Å². The molecule has 0 saturated heterocycles. The number of benzene rings is 2. The first kappa shape index (κ1) is 18.6. The maximum Gasteiger partial charge on any atom is 0.261 e. The van der Waals surface area contributed by atoms with E-state index in [2.05, 4.69) is 5.32 Å². The molecular weight excluding hydrogens is 344 g/mol. The number of nitrogens with one attached hydrogen (secondary N) is 1. The number of amides is 3. The Hall–Kier alpha value is -3.15. The smallest absolute Gasteiger partial charge is 0.261 e. The fraction of sp³-hybridized carbons (Fsp3) is 0.286. The second kappa shape index (κ2) is 8.49. The molecule has 6 heteroatoms. The molecule has 0 atom stereocenters. The van der Waals surface area contributed by atoms with E-state index >= 15 is 0 Å². The number of rotatable bonds is 8. The maximum atomic E-state index is 12.4. The lowest BCUT2D eigenvalue weighted by molar-refractivity contribution is -0.121.